The van der Waals surface area contributed by atoms with Crippen molar-refractivity contribution < 1.29 is 14.3 Å². The number of rotatable bonds is 6. The average molecular weight is 261 g/mol. The molecule has 1 aromatic carbocycles. The molecule has 0 aliphatic rings. The number of aromatic hydroxyl groups is 1. The second kappa shape index (κ2) is 6.29. The first-order valence-corrected chi connectivity index (χ1v) is 6.42. The minimum absolute atomic E-state index is 0.138. The molecule has 19 heavy (non-hydrogen) atoms. The Bertz CT molecular complexity index is 508. The van der Waals surface area contributed by atoms with Crippen LogP contribution < -0.4 is 10.1 Å². The van der Waals surface area contributed by atoms with Crippen molar-refractivity contribution in [2.75, 3.05) is 6.61 Å². The summed E-state index contributed by atoms with van der Waals surface area (Å²) in [6, 6.07) is 9.33. The Hall–Kier alpha value is -1.94. The van der Waals surface area contributed by atoms with Gasteiger partial charge in [-0.1, -0.05) is 6.07 Å². The van der Waals surface area contributed by atoms with Crippen LogP contribution in [0, 0.1) is 0 Å². The van der Waals surface area contributed by atoms with E-state index in [0.717, 1.165) is 11.3 Å². The monoisotopic (exact) mass is 261 g/mol. The van der Waals surface area contributed by atoms with Crippen molar-refractivity contribution in [3.05, 3.63) is 47.9 Å². The fourth-order valence-corrected chi connectivity index (χ4v) is 1.85. The van der Waals surface area contributed by atoms with Crippen molar-refractivity contribution in [1.82, 2.24) is 5.32 Å². The van der Waals surface area contributed by atoms with E-state index in [1.54, 1.807) is 12.3 Å². The van der Waals surface area contributed by atoms with Gasteiger partial charge in [0.1, 0.15) is 5.76 Å². The van der Waals surface area contributed by atoms with Crippen LogP contribution in [0.25, 0.3) is 0 Å². The van der Waals surface area contributed by atoms with Gasteiger partial charge < -0.3 is 19.6 Å². The first-order chi connectivity index (χ1) is 9.20. The number of benzene rings is 1. The second-order valence-corrected chi connectivity index (χ2v) is 4.35. The van der Waals surface area contributed by atoms with E-state index in [1.807, 2.05) is 38.1 Å². The highest BCUT2D eigenvalue weighted by Gasteiger charge is 2.08. The SMILES string of the molecule is CCOc1cc(CN[C@@H](C)c2ccco2)ccc1O. The molecular weight excluding hydrogens is 242 g/mol. The number of hydrogen-bond acceptors (Lipinski definition) is 4. The molecule has 4 heteroatoms. The van der Waals surface area contributed by atoms with E-state index in [1.165, 1.54) is 0 Å². The van der Waals surface area contributed by atoms with E-state index < -0.39 is 0 Å². The standard InChI is InChI=1S/C15H19NO3/c1-3-18-15-9-12(6-7-13(15)17)10-16-11(2)14-5-4-8-19-14/h4-9,11,16-17H,3,10H2,1-2H3/t11-/m0/s1. The van der Waals surface area contributed by atoms with Gasteiger partial charge >= 0.3 is 0 Å². The molecule has 2 N–H and O–H groups in total. The summed E-state index contributed by atoms with van der Waals surface area (Å²) in [5, 5.41) is 13.0. The Kier molecular flexibility index (Phi) is 4.47. The normalized spacial score (nSPS) is 12.3. The van der Waals surface area contributed by atoms with Gasteiger partial charge in [0.2, 0.25) is 0 Å². The van der Waals surface area contributed by atoms with Crippen LogP contribution in [-0.2, 0) is 6.54 Å². The number of phenolic OH excluding ortho intramolecular Hbond substituents is 1. The molecule has 0 aliphatic carbocycles. The molecule has 102 valence electrons. The maximum absolute atomic E-state index is 9.63. The molecule has 0 aliphatic heterocycles. The van der Waals surface area contributed by atoms with Crippen molar-refractivity contribution >= 4 is 0 Å². The van der Waals surface area contributed by atoms with E-state index in [2.05, 4.69) is 5.32 Å². The largest absolute Gasteiger partial charge is 0.504 e. The van der Waals surface area contributed by atoms with Crippen LogP contribution in [0.2, 0.25) is 0 Å². The molecule has 0 saturated carbocycles. The molecule has 0 bridgehead atoms. The highest BCUT2D eigenvalue weighted by molar-refractivity contribution is 5.41. The van der Waals surface area contributed by atoms with Gasteiger partial charge in [-0.15, -0.1) is 0 Å². The lowest BCUT2D eigenvalue weighted by molar-refractivity contribution is 0.317. The summed E-state index contributed by atoms with van der Waals surface area (Å²) in [4.78, 5) is 0. The van der Waals surface area contributed by atoms with Crippen LogP contribution in [0.15, 0.2) is 41.0 Å². The molecule has 1 heterocycles. The fourth-order valence-electron chi connectivity index (χ4n) is 1.85. The molecule has 2 rings (SSSR count). The van der Waals surface area contributed by atoms with Crippen LogP contribution >= 0.6 is 0 Å². The van der Waals surface area contributed by atoms with E-state index in [-0.39, 0.29) is 11.8 Å². The van der Waals surface area contributed by atoms with Crippen molar-refractivity contribution in [1.29, 1.82) is 0 Å². The number of phenols is 1. The minimum Gasteiger partial charge on any atom is -0.504 e. The Labute approximate surface area is 113 Å². The molecule has 0 saturated heterocycles. The van der Waals surface area contributed by atoms with Crippen LogP contribution in [0.5, 0.6) is 11.5 Å². The van der Waals surface area contributed by atoms with Crippen molar-refractivity contribution in [3.63, 3.8) is 0 Å². The molecule has 0 unspecified atom stereocenters. The molecule has 1 aromatic heterocycles. The van der Waals surface area contributed by atoms with Gasteiger partial charge in [-0.3, -0.25) is 0 Å². The van der Waals surface area contributed by atoms with Gasteiger partial charge in [0.25, 0.3) is 0 Å². The summed E-state index contributed by atoms with van der Waals surface area (Å²) in [7, 11) is 0. The summed E-state index contributed by atoms with van der Waals surface area (Å²) >= 11 is 0. The van der Waals surface area contributed by atoms with E-state index >= 15 is 0 Å². The van der Waals surface area contributed by atoms with Crippen molar-refractivity contribution in [3.8, 4) is 11.5 Å². The molecule has 0 amide bonds. The summed E-state index contributed by atoms with van der Waals surface area (Å²) in [6.07, 6.45) is 1.67. The smallest absolute Gasteiger partial charge is 0.161 e. The van der Waals surface area contributed by atoms with Gasteiger partial charge in [-0.25, -0.2) is 0 Å². The predicted molar refractivity (Wildman–Crippen MR) is 73.2 cm³/mol. The van der Waals surface area contributed by atoms with Crippen molar-refractivity contribution in [2.45, 2.75) is 26.4 Å². The highest BCUT2D eigenvalue weighted by Crippen LogP contribution is 2.27. The average Bonchev–Trinajstić information content (AvgIpc) is 2.93. The number of furan rings is 1. The summed E-state index contributed by atoms with van der Waals surface area (Å²) in [5.74, 6) is 1.60. The lowest BCUT2D eigenvalue weighted by Crippen LogP contribution is -2.17. The summed E-state index contributed by atoms with van der Waals surface area (Å²) < 4.78 is 10.7. The van der Waals surface area contributed by atoms with Gasteiger partial charge in [0, 0.05) is 6.54 Å². The lowest BCUT2D eigenvalue weighted by Gasteiger charge is -2.12. The third kappa shape index (κ3) is 3.51. The van der Waals surface area contributed by atoms with Crippen LogP contribution in [0.1, 0.15) is 31.2 Å². The van der Waals surface area contributed by atoms with Gasteiger partial charge in [-0.05, 0) is 43.7 Å². The van der Waals surface area contributed by atoms with Crippen LogP contribution in [0.3, 0.4) is 0 Å². The number of nitrogens with one attached hydrogen (secondary N) is 1. The summed E-state index contributed by atoms with van der Waals surface area (Å²) in [6.45, 7) is 5.15. The zero-order valence-corrected chi connectivity index (χ0v) is 11.2. The number of hydrogen-bond donors (Lipinski definition) is 2. The molecule has 0 spiro atoms. The first-order valence-electron chi connectivity index (χ1n) is 6.42. The molecule has 0 fully saturated rings. The summed E-state index contributed by atoms with van der Waals surface area (Å²) in [5.41, 5.74) is 1.06. The van der Waals surface area contributed by atoms with Crippen LogP contribution in [0.4, 0.5) is 0 Å². The van der Waals surface area contributed by atoms with Gasteiger partial charge in [0.15, 0.2) is 11.5 Å². The predicted octanol–water partition coefficient (Wildman–Crippen LogP) is 3.23. The van der Waals surface area contributed by atoms with Gasteiger partial charge in [-0.2, -0.15) is 0 Å². The maximum Gasteiger partial charge on any atom is 0.161 e. The molecule has 1 atom stereocenters. The number of ether oxygens (including phenoxy) is 1. The third-order valence-corrected chi connectivity index (χ3v) is 2.91. The van der Waals surface area contributed by atoms with E-state index in [0.29, 0.717) is 18.9 Å². The fraction of sp³-hybridized carbons (Fsp3) is 0.333. The molecular formula is C15H19NO3. The van der Waals surface area contributed by atoms with Crippen molar-refractivity contribution in [2.24, 2.45) is 0 Å². The molecule has 4 nitrogen and oxygen atoms in total. The Morgan fingerprint density at radius 3 is 2.89 bits per heavy atom. The van der Waals surface area contributed by atoms with E-state index in [4.69, 9.17) is 9.15 Å². The molecule has 2 aromatic rings. The van der Waals surface area contributed by atoms with Gasteiger partial charge in [0.05, 0.1) is 18.9 Å². The first kappa shape index (κ1) is 13.5. The lowest BCUT2D eigenvalue weighted by atomic mass is 10.2. The second-order valence-electron chi connectivity index (χ2n) is 4.35. The highest BCUT2D eigenvalue weighted by atomic mass is 16.5. The third-order valence-electron chi connectivity index (χ3n) is 2.91. The van der Waals surface area contributed by atoms with E-state index in [9.17, 15) is 5.11 Å². The Morgan fingerprint density at radius 2 is 2.21 bits per heavy atom. The Balaban J connectivity index is 1.97. The maximum atomic E-state index is 9.63. The zero-order chi connectivity index (χ0) is 13.7. The zero-order valence-electron chi connectivity index (χ0n) is 11.2. The van der Waals surface area contributed by atoms with Crippen LogP contribution in [-0.4, -0.2) is 11.7 Å². The minimum atomic E-state index is 0.138. The Morgan fingerprint density at radius 1 is 1.37 bits per heavy atom. The quantitative estimate of drug-likeness (QED) is 0.838. The topological polar surface area (TPSA) is 54.6 Å². The molecule has 0 radical (unpaired) electrons.